The van der Waals surface area contributed by atoms with Crippen molar-refractivity contribution >= 4 is 24.5 Å². The van der Waals surface area contributed by atoms with Crippen LogP contribution in [0.3, 0.4) is 0 Å². The summed E-state index contributed by atoms with van der Waals surface area (Å²) in [5, 5.41) is 11.5. The SMILES string of the molecule is CCCCCCCCCC/C=C(/NC(=O)CCC(=O)O)C(S)CC. The van der Waals surface area contributed by atoms with Gasteiger partial charge in [0.05, 0.1) is 6.42 Å². The van der Waals surface area contributed by atoms with E-state index in [1.807, 2.05) is 6.92 Å². The van der Waals surface area contributed by atoms with Crippen molar-refractivity contribution < 1.29 is 14.7 Å². The second-order valence-electron chi connectivity index (χ2n) is 6.29. The lowest BCUT2D eigenvalue weighted by Gasteiger charge is -2.15. The highest BCUT2D eigenvalue weighted by atomic mass is 32.1. The fourth-order valence-electron chi connectivity index (χ4n) is 2.47. The summed E-state index contributed by atoms with van der Waals surface area (Å²) in [6.45, 7) is 4.25. The molecule has 0 heterocycles. The third-order valence-electron chi connectivity index (χ3n) is 4.02. The molecule has 0 saturated carbocycles. The Morgan fingerprint density at radius 2 is 1.58 bits per heavy atom. The number of nitrogens with one attached hydrogen (secondary N) is 1. The van der Waals surface area contributed by atoms with Crippen LogP contribution in [0.2, 0.25) is 0 Å². The zero-order chi connectivity index (χ0) is 18.2. The van der Waals surface area contributed by atoms with E-state index in [0.717, 1.165) is 25.0 Å². The molecule has 1 unspecified atom stereocenters. The van der Waals surface area contributed by atoms with Crippen LogP contribution in [0.4, 0.5) is 0 Å². The van der Waals surface area contributed by atoms with Crippen LogP contribution in [-0.4, -0.2) is 22.2 Å². The highest BCUT2D eigenvalue weighted by Gasteiger charge is 2.12. The highest BCUT2D eigenvalue weighted by Crippen LogP contribution is 2.14. The molecular weight excluding hydrogens is 322 g/mol. The molecule has 24 heavy (non-hydrogen) atoms. The van der Waals surface area contributed by atoms with Gasteiger partial charge in [0.2, 0.25) is 5.91 Å². The van der Waals surface area contributed by atoms with Crippen LogP contribution in [0.25, 0.3) is 0 Å². The fourth-order valence-corrected chi connectivity index (χ4v) is 2.64. The maximum Gasteiger partial charge on any atom is 0.303 e. The molecule has 0 bridgehead atoms. The largest absolute Gasteiger partial charge is 0.481 e. The van der Waals surface area contributed by atoms with Gasteiger partial charge in [0.25, 0.3) is 0 Å². The summed E-state index contributed by atoms with van der Waals surface area (Å²) in [6, 6.07) is 0. The number of hydrogen-bond acceptors (Lipinski definition) is 3. The fraction of sp³-hybridized carbons (Fsp3) is 0.789. The number of rotatable bonds is 15. The van der Waals surface area contributed by atoms with Gasteiger partial charge < -0.3 is 10.4 Å². The maximum atomic E-state index is 11.8. The van der Waals surface area contributed by atoms with Crippen LogP contribution in [-0.2, 0) is 9.59 Å². The predicted molar refractivity (Wildman–Crippen MR) is 103 cm³/mol. The zero-order valence-electron chi connectivity index (χ0n) is 15.4. The Bertz CT molecular complexity index is 383. The van der Waals surface area contributed by atoms with E-state index >= 15 is 0 Å². The summed E-state index contributed by atoms with van der Waals surface area (Å²) in [7, 11) is 0. The molecular formula is C19H35NO3S. The topological polar surface area (TPSA) is 66.4 Å². The van der Waals surface area contributed by atoms with Crippen LogP contribution in [0.15, 0.2) is 11.8 Å². The van der Waals surface area contributed by atoms with Crippen LogP contribution in [0.1, 0.15) is 90.9 Å². The van der Waals surface area contributed by atoms with E-state index in [9.17, 15) is 9.59 Å². The van der Waals surface area contributed by atoms with Crippen LogP contribution in [0.5, 0.6) is 0 Å². The molecule has 0 aromatic rings. The van der Waals surface area contributed by atoms with Crippen molar-refractivity contribution in [1.29, 1.82) is 0 Å². The third kappa shape index (κ3) is 13.5. The first-order chi connectivity index (χ1) is 11.5. The summed E-state index contributed by atoms with van der Waals surface area (Å²) in [5.74, 6) is -1.19. The molecule has 0 fully saturated rings. The lowest BCUT2D eigenvalue weighted by molar-refractivity contribution is -0.138. The minimum atomic E-state index is -0.951. The molecule has 0 aliphatic heterocycles. The van der Waals surface area contributed by atoms with Gasteiger partial charge in [-0.25, -0.2) is 0 Å². The highest BCUT2D eigenvalue weighted by molar-refractivity contribution is 7.81. The first kappa shape index (κ1) is 23.0. The van der Waals surface area contributed by atoms with Crippen molar-refractivity contribution in [3.05, 3.63) is 11.8 Å². The number of amides is 1. The Balaban J connectivity index is 4.05. The van der Waals surface area contributed by atoms with Gasteiger partial charge in [0.15, 0.2) is 0 Å². The van der Waals surface area contributed by atoms with E-state index in [0.29, 0.717) is 0 Å². The monoisotopic (exact) mass is 357 g/mol. The van der Waals surface area contributed by atoms with Crippen molar-refractivity contribution in [2.24, 2.45) is 0 Å². The number of carbonyl (C=O) groups excluding carboxylic acids is 1. The minimum absolute atomic E-state index is 0.00665. The second kappa shape index (κ2) is 15.6. The number of carboxylic acids is 1. The molecule has 2 N–H and O–H groups in total. The Kier molecular flexibility index (Phi) is 14.9. The molecule has 1 amide bonds. The number of allylic oxidation sites excluding steroid dienone is 1. The summed E-state index contributed by atoms with van der Waals surface area (Å²) in [4.78, 5) is 22.3. The molecule has 0 aliphatic rings. The molecule has 0 saturated heterocycles. The van der Waals surface area contributed by atoms with E-state index in [-0.39, 0.29) is 24.0 Å². The Morgan fingerprint density at radius 1 is 1.00 bits per heavy atom. The number of carbonyl (C=O) groups is 2. The zero-order valence-corrected chi connectivity index (χ0v) is 16.2. The van der Waals surface area contributed by atoms with Gasteiger partial charge >= 0.3 is 5.97 Å². The van der Waals surface area contributed by atoms with Crippen LogP contribution >= 0.6 is 12.6 Å². The minimum Gasteiger partial charge on any atom is -0.481 e. The van der Waals surface area contributed by atoms with Gasteiger partial charge in [-0.05, 0) is 19.3 Å². The van der Waals surface area contributed by atoms with Gasteiger partial charge in [-0.15, -0.1) is 0 Å². The molecule has 0 rings (SSSR count). The molecule has 0 spiro atoms. The molecule has 5 heteroatoms. The lowest BCUT2D eigenvalue weighted by Crippen LogP contribution is -2.27. The standard InChI is InChI=1S/C19H35NO3S/c1-3-5-6-7-8-9-10-11-12-13-16(17(24)4-2)20-18(21)14-15-19(22)23/h13,17,24H,3-12,14-15H2,1-2H3,(H,20,21)(H,22,23)/b16-13+. The summed E-state index contributed by atoms with van der Waals surface area (Å²) in [6.07, 6.45) is 13.9. The molecule has 0 aromatic heterocycles. The molecule has 0 aromatic carbocycles. The quantitative estimate of drug-likeness (QED) is 0.282. The van der Waals surface area contributed by atoms with Crippen molar-refractivity contribution in [1.82, 2.24) is 5.32 Å². The predicted octanol–water partition coefficient (Wildman–Crippen LogP) is 5.09. The van der Waals surface area contributed by atoms with E-state index in [1.165, 1.54) is 44.9 Å². The molecule has 4 nitrogen and oxygen atoms in total. The Morgan fingerprint density at radius 3 is 2.12 bits per heavy atom. The lowest BCUT2D eigenvalue weighted by atomic mass is 10.1. The number of unbranched alkanes of at least 4 members (excludes halogenated alkanes) is 8. The van der Waals surface area contributed by atoms with Gasteiger partial charge in [-0.2, -0.15) is 12.6 Å². The maximum absolute atomic E-state index is 11.8. The Labute approximate surface area is 152 Å². The third-order valence-corrected chi connectivity index (χ3v) is 4.66. The van der Waals surface area contributed by atoms with Gasteiger partial charge in [-0.3, -0.25) is 9.59 Å². The number of thiol groups is 1. The summed E-state index contributed by atoms with van der Waals surface area (Å²) < 4.78 is 0. The number of carboxylic acid groups (broad SMARTS) is 1. The van der Waals surface area contributed by atoms with E-state index in [1.54, 1.807) is 0 Å². The number of aliphatic carboxylic acids is 1. The van der Waals surface area contributed by atoms with E-state index in [2.05, 4.69) is 30.9 Å². The van der Waals surface area contributed by atoms with E-state index < -0.39 is 5.97 Å². The van der Waals surface area contributed by atoms with Gasteiger partial charge in [-0.1, -0.05) is 64.9 Å². The smallest absolute Gasteiger partial charge is 0.303 e. The normalized spacial score (nSPS) is 12.9. The van der Waals surface area contributed by atoms with Crippen LogP contribution < -0.4 is 5.32 Å². The van der Waals surface area contributed by atoms with Crippen molar-refractivity contribution in [3.8, 4) is 0 Å². The van der Waals surface area contributed by atoms with Gasteiger partial charge in [0.1, 0.15) is 0 Å². The molecule has 0 radical (unpaired) electrons. The van der Waals surface area contributed by atoms with Crippen LogP contribution in [0, 0.1) is 0 Å². The summed E-state index contributed by atoms with van der Waals surface area (Å²) in [5.41, 5.74) is 0.819. The first-order valence-electron chi connectivity index (χ1n) is 9.41. The second-order valence-corrected chi connectivity index (χ2v) is 6.91. The van der Waals surface area contributed by atoms with Crippen molar-refractivity contribution in [3.63, 3.8) is 0 Å². The van der Waals surface area contributed by atoms with Gasteiger partial charge in [0, 0.05) is 17.4 Å². The average molecular weight is 358 g/mol. The Hall–Kier alpha value is -0.970. The van der Waals surface area contributed by atoms with Crippen molar-refractivity contribution in [2.45, 2.75) is 96.1 Å². The first-order valence-corrected chi connectivity index (χ1v) is 9.92. The number of hydrogen-bond donors (Lipinski definition) is 3. The summed E-state index contributed by atoms with van der Waals surface area (Å²) >= 11 is 4.50. The average Bonchev–Trinajstić information content (AvgIpc) is 2.56. The molecule has 140 valence electrons. The molecule has 0 aliphatic carbocycles. The van der Waals surface area contributed by atoms with Crippen molar-refractivity contribution in [2.75, 3.05) is 0 Å². The molecule has 1 atom stereocenters. The van der Waals surface area contributed by atoms with E-state index in [4.69, 9.17) is 5.11 Å².